The molecule has 0 bridgehead atoms. The highest BCUT2D eigenvalue weighted by molar-refractivity contribution is 6.30. The summed E-state index contributed by atoms with van der Waals surface area (Å²) in [4.78, 5) is 12.3. The molecule has 0 saturated heterocycles. The number of nitrogens with one attached hydrogen (secondary N) is 1. The first-order valence-electron chi connectivity index (χ1n) is 8.74. The van der Waals surface area contributed by atoms with E-state index in [0.717, 1.165) is 28.0 Å². The summed E-state index contributed by atoms with van der Waals surface area (Å²) >= 11 is 5.87. The van der Waals surface area contributed by atoms with Crippen LogP contribution in [0.15, 0.2) is 42.5 Å². The molecular formula is C22H26ClNO2. The van der Waals surface area contributed by atoms with Gasteiger partial charge in [-0.2, -0.15) is 0 Å². The quantitative estimate of drug-likeness (QED) is 0.664. The molecule has 2 aromatic rings. The average molecular weight is 372 g/mol. The van der Waals surface area contributed by atoms with Gasteiger partial charge in [0, 0.05) is 11.1 Å². The predicted molar refractivity (Wildman–Crippen MR) is 109 cm³/mol. The highest BCUT2D eigenvalue weighted by atomic mass is 35.5. The van der Waals surface area contributed by atoms with Gasteiger partial charge in [0.2, 0.25) is 5.91 Å². The van der Waals surface area contributed by atoms with Gasteiger partial charge in [-0.25, -0.2) is 0 Å². The van der Waals surface area contributed by atoms with Crippen LogP contribution in [0.2, 0.25) is 5.02 Å². The van der Waals surface area contributed by atoms with Gasteiger partial charge in [-0.1, -0.05) is 37.6 Å². The molecule has 2 aromatic carbocycles. The average Bonchev–Trinajstić information content (AvgIpc) is 2.60. The topological polar surface area (TPSA) is 38.3 Å². The number of hydrogen-bond acceptors (Lipinski definition) is 2. The molecule has 0 aliphatic rings. The van der Waals surface area contributed by atoms with Gasteiger partial charge in [0.15, 0.2) is 0 Å². The Morgan fingerprint density at radius 3 is 2.35 bits per heavy atom. The second-order valence-corrected chi connectivity index (χ2v) is 7.16. The molecule has 1 N–H and O–H groups in total. The van der Waals surface area contributed by atoms with Crippen molar-refractivity contribution < 1.29 is 9.53 Å². The Morgan fingerprint density at radius 1 is 1.12 bits per heavy atom. The van der Waals surface area contributed by atoms with Crippen molar-refractivity contribution in [3.63, 3.8) is 0 Å². The van der Waals surface area contributed by atoms with Gasteiger partial charge in [-0.05, 0) is 72.4 Å². The van der Waals surface area contributed by atoms with Crippen LogP contribution in [0.4, 0.5) is 0 Å². The second kappa shape index (κ2) is 8.91. The molecule has 2 rings (SSSR count). The number of carbonyl (C=O) groups is 1. The van der Waals surface area contributed by atoms with Crippen LogP contribution in [0, 0.1) is 6.92 Å². The van der Waals surface area contributed by atoms with E-state index in [0.29, 0.717) is 10.9 Å². The van der Waals surface area contributed by atoms with E-state index in [1.54, 1.807) is 31.4 Å². The first kappa shape index (κ1) is 20.1. The van der Waals surface area contributed by atoms with E-state index < -0.39 is 0 Å². The van der Waals surface area contributed by atoms with E-state index in [9.17, 15) is 4.79 Å². The second-order valence-electron chi connectivity index (χ2n) is 6.72. The van der Waals surface area contributed by atoms with E-state index in [2.05, 4.69) is 25.2 Å². The zero-order valence-electron chi connectivity index (χ0n) is 16.0. The van der Waals surface area contributed by atoms with Crippen LogP contribution in [0.3, 0.4) is 0 Å². The van der Waals surface area contributed by atoms with Crippen molar-refractivity contribution in [2.24, 2.45) is 0 Å². The fraction of sp³-hybridized carbons (Fsp3) is 0.318. The molecule has 0 heterocycles. The molecule has 0 radical (unpaired) electrons. The van der Waals surface area contributed by atoms with Crippen molar-refractivity contribution in [2.45, 2.75) is 39.7 Å². The number of carbonyl (C=O) groups excluding carboxylic acids is 1. The third-order valence-electron chi connectivity index (χ3n) is 4.36. The lowest BCUT2D eigenvalue weighted by Gasteiger charge is -2.20. The zero-order chi connectivity index (χ0) is 19.3. The molecule has 1 amide bonds. The standard InChI is InChI=1S/C22H26ClNO2/c1-14(2)19-13-20(15(3)12-21(19)26-5)16(4)24-22(25)11-8-17-6-9-18(23)10-7-17/h6-14,16H,1-5H3,(H,24,25)/b11-8+. The van der Waals surface area contributed by atoms with E-state index in [-0.39, 0.29) is 11.9 Å². The molecule has 0 spiro atoms. The van der Waals surface area contributed by atoms with Crippen molar-refractivity contribution in [1.82, 2.24) is 5.32 Å². The minimum Gasteiger partial charge on any atom is -0.496 e. The Kier molecular flexibility index (Phi) is 6.87. The minimum atomic E-state index is -0.131. The van der Waals surface area contributed by atoms with Gasteiger partial charge >= 0.3 is 0 Å². The number of benzene rings is 2. The fourth-order valence-electron chi connectivity index (χ4n) is 2.90. The van der Waals surface area contributed by atoms with Crippen LogP contribution in [0.1, 0.15) is 55.0 Å². The van der Waals surface area contributed by atoms with Crippen LogP contribution in [0.5, 0.6) is 5.75 Å². The molecule has 0 saturated carbocycles. The van der Waals surface area contributed by atoms with E-state index in [1.807, 2.05) is 32.0 Å². The fourth-order valence-corrected chi connectivity index (χ4v) is 3.02. The predicted octanol–water partition coefficient (Wildman–Crippen LogP) is 5.67. The largest absolute Gasteiger partial charge is 0.496 e. The number of amides is 1. The maximum atomic E-state index is 12.3. The number of hydrogen-bond donors (Lipinski definition) is 1. The lowest BCUT2D eigenvalue weighted by Crippen LogP contribution is -2.25. The number of ether oxygens (including phenoxy) is 1. The zero-order valence-corrected chi connectivity index (χ0v) is 16.7. The monoisotopic (exact) mass is 371 g/mol. The number of methoxy groups -OCH3 is 1. The summed E-state index contributed by atoms with van der Waals surface area (Å²) in [5.41, 5.74) is 4.27. The molecule has 0 fully saturated rings. The van der Waals surface area contributed by atoms with E-state index in [4.69, 9.17) is 16.3 Å². The van der Waals surface area contributed by atoms with Gasteiger partial charge < -0.3 is 10.1 Å². The maximum Gasteiger partial charge on any atom is 0.244 e. The first-order valence-corrected chi connectivity index (χ1v) is 9.12. The first-order chi connectivity index (χ1) is 12.3. The lowest BCUT2D eigenvalue weighted by molar-refractivity contribution is -0.117. The van der Waals surface area contributed by atoms with Gasteiger partial charge in [-0.3, -0.25) is 4.79 Å². The van der Waals surface area contributed by atoms with Crippen LogP contribution < -0.4 is 10.1 Å². The molecule has 1 atom stereocenters. The summed E-state index contributed by atoms with van der Waals surface area (Å²) in [5, 5.41) is 3.71. The van der Waals surface area contributed by atoms with Crippen LogP contribution in [-0.4, -0.2) is 13.0 Å². The molecule has 138 valence electrons. The Labute approximate surface area is 161 Å². The Balaban J connectivity index is 2.13. The van der Waals surface area contributed by atoms with E-state index >= 15 is 0 Å². The molecule has 0 aliphatic carbocycles. The normalized spacial score (nSPS) is 12.4. The smallest absolute Gasteiger partial charge is 0.244 e. The number of rotatable bonds is 6. The van der Waals surface area contributed by atoms with Crippen molar-refractivity contribution in [3.05, 3.63) is 69.8 Å². The van der Waals surface area contributed by atoms with Crippen molar-refractivity contribution >= 4 is 23.6 Å². The van der Waals surface area contributed by atoms with Gasteiger partial charge in [0.25, 0.3) is 0 Å². The molecule has 26 heavy (non-hydrogen) atoms. The number of halogens is 1. The minimum absolute atomic E-state index is 0.0965. The SMILES string of the molecule is COc1cc(C)c(C(C)NC(=O)/C=C/c2ccc(Cl)cc2)cc1C(C)C. The highest BCUT2D eigenvalue weighted by Gasteiger charge is 2.16. The van der Waals surface area contributed by atoms with Crippen molar-refractivity contribution in [2.75, 3.05) is 7.11 Å². The summed E-state index contributed by atoms with van der Waals surface area (Å²) < 4.78 is 5.49. The van der Waals surface area contributed by atoms with Crippen LogP contribution in [-0.2, 0) is 4.79 Å². The third kappa shape index (κ3) is 5.12. The van der Waals surface area contributed by atoms with Crippen molar-refractivity contribution in [1.29, 1.82) is 0 Å². The maximum absolute atomic E-state index is 12.3. The molecule has 0 aliphatic heterocycles. The summed E-state index contributed by atoms with van der Waals surface area (Å²) in [6.45, 7) is 8.30. The third-order valence-corrected chi connectivity index (χ3v) is 4.61. The van der Waals surface area contributed by atoms with Gasteiger partial charge in [0.05, 0.1) is 13.2 Å². The molecular weight excluding hydrogens is 346 g/mol. The summed E-state index contributed by atoms with van der Waals surface area (Å²) in [5.74, 6) is 1.10. The Hall–Kier alpha value is -2.26. The van der Waals surface area contributed by atoms with Crippen LogP contribution >= 0.6 is 11.6 Å². The molecule has 4 heteroatoms. The number of aryl methyl sites for hydroxylation is 1. The van der Waals surface area contributed by atoms with Crippen molar-refractivity contribution in [3.8, 4) is 5.75 Å². The summed E-state index contributed by atoms with van der Waals surface area (Å²) in [7, 11) is 1.69. The van der Waals surface area contributed by atoms with Gasteiger partial charge in [-0.15, -0.1) is 0 Å². The molecule has 3 nitrogen and oxygen atoms in total. The summed E-state index contributed by atoms with van der Waals surface area (Å²) in [6.07, 6.45) is 3.32. The van der Waals surface area contributed by atoms with E-state index in [1.165, 1.54) is 0 Å². The molecule has 0 aromatic heterocycles. The Morgan fingerprint density at radius 2 is 1.77 bits per heavy atom. The van der Waals surface area contributed by atoms with Gasteiger partial charge in [0.1, 0.15) is 5.75 Å². The summed E-state index contributed by atoms with van der Waals surface area (Å²) in [6, 6.07) is 11.4. The highest BCUT2D eigenvalue weighted by Crippen LogP contribution is 2.32. The lowest BCUT2D eigenvalue weighted by atomic mass is 9.93. The van der Waals surface area contributed by atoms with Crippen LogP contribution in [0.25, 0.3) is 6.08 Å². The Bertz CT molecular complexity index is 795. The molecule has 1 unspecified atom stereocenters.